The van der Waals surface area contributed by atoms with Crippen LogP contribution in [0.3, 0.4) is 0 Å². The molecule has 1 heteroatoms. The minimum atomic E-state index is 0.0847. The Kier molecular flexibility index (Phi) is 3.01. The Morgan fingerprint density at radius 1 is 0.810 bits per heavy atom. The van der Waals surface area contributed by atoms with Gasteiger partial charge in [-0.25, -0.2) is 0 Å². The first-order valence-corrected chi connectivity index (χ1v) is 7.58. The summed E-state index contributed by atoms with van der Waals surface area (Å²) in [5.74, 6) is 0.799. The van der Waals surface area contributed by atoms with Crippen molar-refractivity contribution in [3.63, 3.8) is 0 Å². The molecule has 0 atom stereocenters. The van der Waals surface area contributed by atoms with Gasteiger partial charge in [-0.15, -0.1) is 0 Å². The molecule has 0 aromatic heterocycles. The van der Waals surface area contributed by atoms with Gasteiger partial charge in [-0.05, 0) is 51.8 Å². The summed E-state index contributed by atoms with van der Waals surface area (Å²) in [6.07, 6.45) is 2.68. The van der Waals surface area contributed by atoms with Crippen LogP contribution in [0.4, 0.5) is 0 Å². The van der Waals surface area contributed by atoms with Gasteiger partial charge in [-0.2, -0.15) is 0 Å². The van der Waals surface area contributed by atoms with Gasteiger partial charge in [0.25, 0.3) is 0 Å². The Morgan fingerprint density at radius 2 is 1.52 bits per heavy atom. The fourth-order valence-electron chi connectivity index (χ4n) is 3.12. The van der Waals surface area contributed by atoms with E-state index in [-0.39, 0.29) is 6.61 Å². The van der Waals surface area contributed by atoms with Crippen LogP contribution in [0.5, 0.6) is 0 Å². The maximum Gasteiger partial charge on any atom is 0.0687 e. The van der Waals surface area contributed by atoms with Gasteiger partial charge in [0.2, 0.25) is 0 Å². The summed E-state index contributed by atoms with van der Waals surface area (Å²) in [6.45, 7) is 0.0847. The van der Waals surface area contributed by atoms with Crippen LogP contribution >= 0.6 is 0 Å². The molecule has 4 rings (SSSR count). The van der Waals surface area contributed by atoms with Crippen LogP contribution in [0, 0.1) is 0 Å². The molecule has 1 aliphatic carbocycles. The van der Waals surface area contributed by atoms with Crippen molar-refractivity contribution in [2.45, 2.75) is 25.4 Å². The topological polar surface area (TPSA) is 20.2 Å². The molecular weight excluding hydrogens is 256 g/mol. The molecule has 1 N–H and O–H groups in total. The van der Waals surface area contributed by atoms with E-state index in [1.54, 1.807) is 0 Å². The number of benzene rings is 3. The number of hydrogen-bond acceptors (Lipinski definition) is 1. The summed E-state index contributed by atoms with van der Waals surface area (Å²) in [5.41, 5.74) is 4.95. The van der Waals surface area contributed by atoms with Crippen LogP contribution < -0.4 is 0 Å². The van der Waals surface area contributed by atoms with Crippen molar-refractivity contribution in [3.05, 3.63) is 71.8 Å². The maximum absolute atomic E-state index is 9.50. The molecule has 1 fully saturated rings. The highest BCUT2D eigenvalue weighted by Crippen LogP contribution is 2.40. The van der Waals surface area contributed by atoms with Gasteiger partial charge >= 0.3 is 0 Å². The molecule has 0 radical (unpaired) electrons. The molecular formula is C20H18O. The molecule has 0 saturated heterocycles. The summed E-state index contributed by atoms with van der Waals surface area (Å²) < 4.78 is 0. The van der Waals surface area contributed by atoms with E-state index >= 15 is 0 Å². The third kappa shape index (κ3) is 2.24. The van der Waals surface area contributed by atoms with Crippen LogP contribution in [0.25, 0.3) is 21.9 Å². The normalized spacial score (nSPS) is 14.5. The molecule has 0 amide bonds. The summed E-state index contributed by atoms with van der Waals surface area (Å²) >= 11 is 0. The van der Waals surface area contributed by atoms with E-state index in [0.717, 1.165) is 16.9 Å². The van der Waals surface area contributed by atoms with Crippen molar-refractivity contribution in [3.8, 4) is 11.1 Å². The summed E-state index contributed by atoms with van der Waals surface area (Å²) in [7, 11) is 0. The predicted molar refractivity (Wildman–Crippen MR) is 87.3 cm³/mol. The molecule has 0 unspecified atom stereocenters. The van der Waals surface area contributed by atoms with Gasteiger partial charge in [0, 0.05) is 0 Å². The van der Waals surface area contributed by atoms with Crippen LogP contribution in [0.2, 0.25) is 0 Å². The first-order valence-electron chi connectivity index (χ1n) is 7.58. The summed E-state index contributed by atoms with van der Waals surface area (Å²) in [6, 6.07) is 21.5. The van der Waals surface area contributed by atoms with Crippen molar-refractivity contribution in [2.75, 3.05) is 0 Å². The second-order valence-electron chi connectivity index (χ2n) is 5.87. The second-order valence-corrected chi connectivity index (χ2v) is 5.87. The zero-order valence-electron chi connectivity index (χ0n) is 11.9. The average Bonchev–Trinajstić information content (AvgIpc) is 3.39. The lowest BCUT2D eigenvalue weighted by molar-refractivity contribution is 0.283. The number of hydrogen-bond donors (Lipinski definition) is 1. The van der Waals surface area contributed by atoms with Gasteiger partial charge in [0.15, 0.2) is 0 Å². The minimum Gasteiger partial charge on any atom is -0.392 e. The van der Waals surface area contributed by atoms with Gasteiger partial charge < -0.3 is 5.11 Å². The van der Waals surface area contributed by atoms with E-state index in [0.29, 0.717) is 0 Å². The molecule has 0 aliphatic heterocycles. The molecule has 0 bridgehead atoms. The lowest BCUT2D eigenvalue weighted by Crippen LogP contribution is -1.88. The lowest BCUT2D eigenvalue weighted by Gasteiger charge is -2.10. The zero-order chi connectivity index (χ0) is 14.2. The third-order valence-electron chi connectivity index (χ3n) is 4.45. The Labute approximate surface area is 124 Å². The van der Waals surface area contributed by atoms with Crippen LogP contribution in [0.1, 0.15) is 29.9 Å². The third-order valence-corrected chi connectivity index (χ3v) is 4.45. The van der Waals surface area contributed by atoms with E-state index < -0.39 is 0 Å². The van der Waals surface area contributed by atoms with Crippen molar-refractivity contribution in [2.24, 2.45) is 0 Å². The molecule has 1 aliphatic rings. The highest BCUT2D eigenvalue weighted by atomic mass is 16.3. The van der Waals surface area contributed by atoms with E-state index in [1.165, 1.54) is 34.9 Å². The van der Waals surface area contributed by atoms with Crippen molar-refractivity contribution < 1.29 is 5.11 Å². The molecule has 1 saturated carbocycles. The molecule has 3 aromatic carbocycles. The van der Waals surface area contributed by atoms with E-state index in [2.05, 4.69) is 48.5 Å². The van der Waals surface area contributed by atoms with Crippen LogP contribution in [0.15, 0.2) is 60.7 Å². The van der Waals surface area contributed by atoms with E-state index in [1.807, 2.05) is 12.1 Å². The lowest BCUT2D eigenvalue weighted by atomic mass is 9.95. The van der Waals surface area contributed by atoms with Crippen molar-refractivity contribution >= 4 is 10.8 Å². The Bertz CT molecular complexity index is 783. The summed E-state index contributed by atoms with van der Waals surface area (Å²) in [4.78, 5) is 0. The number of fused-ring (bicyclic) bond motifs is 1. The first kappa shape index (κ1) is 12.6. The quantitative estimate of drug-likeness (QED) is 0.722. The number of rotatable bonds is 3. The fourth-order valence-corrected chi connectivity index (χ4v) is 3.12. The van der Waals surface area contributed by atoms with Gasteiger partial charge in [-0.1, -0.05) is 60.7 Å². The van der Waals surface area contributed by atoms with Gasteiger partial charge in [-0.3, -0.25) is 0 Å². The Balaban J connectivity index is 1.85. The first-order chi connectivity index (χ1) is 10.4. The fraction of sp³-hybridized carbons (Fsp3) is 0.200. The van der Waals surface area contributed by atoms with Gasteiger partial charge in [0.05, 0.1) is 6.61 Å². The van der Waals surface area contributed by atoms with Gasteiger partial charge in [0.1, 0.15) is 0 Å². The molecule has 0 heterocycles. The molecule has 104 valence electrons. The van der Waals surface area contributed by atoms with E-state index in [4.69, 9.17) is 0 Å². The smallest absolute Gasteiger partial charge is 0.0687 e. The number of aliphatic hydroxyl groups is 1. The standard InChI is InChI=1S/C20H18O/c21-13-17-3-1-6-20-18(4-2-5-19(17)20)16-11-9-15(10-12-16)14-7-8-14/h1-6,9-12,14,21H,7-8,13H2. The zero-order valence-corrected chi connectivity index (χ0v) is 11.9. The molecule has 3 aromatic rings. The highest BCUT2D eigenvalue weighted by Gasteiger charge is 2.23. The van der Waals surface area contributed by atoms with Crippen molar-refractivity contribution in [1.82, 2.24) is 0 Å². The Hall–Kier alpha value is -2.12. The predicted octanol–water partition coefficient (Wildman–Crippen LogP) is 4.88. The monoisotopic (exact) mass is 274 g/mol. The maximum atomic E-state index is 9.50. The molecule has 1 nitrogen and oxygen atoms in total. The highest BCUT2D eigenvalue weighted by molar-refractivity contribution is 5.98. The molecule has 21 heavy (non-hydrogen) atoms. The minimum absolute atomic E-state index is 0.0847. The average molecular weight is 274 g/mol. The van der Waals surface area contributed by atoms with Crippen molar-refractivity contribution in [1.29, 1.82) is 0 Å². The van der Waals surface area contributed by atoms with Crippen LogP contribution in [-0.2, 0) is 6.61 Å². The summed E-state index contributed by atoms with van der Waals surface area (Å²) in [5, 5.41) is 11.9. The van der Waals surface area contributed by atoms with E-state index in [9.17, 15) is 5.11 Å². The SMILES string of the molecule is OCc1cccc2c(-c3ccc(C4CC4)cc3)cccc12. The van der Waals surface area contributed by atoms with Crippen LogP contribution in [-0.4, -0.2) is 5.11 Å². The molecule has 0 spiro atoms. The second kappa shape index (κ2) is 5.01. The largest absolute Gasteiger partial charge is 0.392 e. The Morgan fingerprint density at radius 3 is 2.24 bits per heavy atom. The number of aliphatic hydroxyl groups excluding tert-OH is 1.